The molecule has 4 aliphatic rings. The number of anilines is 4. The van der Waals surface area contributed by atoms with Crippen molar-refractivity contribution < 1.29 is 38.4 Å². The highest BCUT2D eigenvalue weighted by Gasteiger charge is 2.25. The Morgan fingerprint density at radius 3 is 0.913 bits per heavy atom. The summed E-state index contributed by atoms with van der Waals surface area (Å²) < 4.78 is 0. The number of benzene rings is 8. The summed E-state index contributed by atoms with van der Waals surface area (Å²) in [6.45, 7) is 9.95. The van der Waals surface area contributed by atoms with E-state index in [1.54, 1.807) is 133 Å². The molecule has 16 rings (SSSR count). The molecule has 4 aromatic heterocycles. The lowest BCUT2D eigenvalue weighted by molar-refractivity contribution is 0.0980. The molecular formula is C98H88Cl4N16O8. The van der Waals surface area contributed by atoms with Crippen LogP contribution in [0.3, 0.4) is 0 Å². The second-order valence-corrected chi connectivity index (χ2v) is 31.2. The Balaban J connectivity index is 0.000000144. The average molecular weight is 1760 g/mol. The first-order valence-electron chi connectivity index (χ1n) is 40.8. The minimum atomic E-state index is -0.324. The minimum absolute atomic E-state index is 0.0536. The number of nitrogens with zero attached hydrogens (tertiary/aromatic N) is 11. The number of Topliss-reactive ketones (excluding diaryl/α,β-unsaturated/α-hetero) is 4. The van der Waals surface area contributed by atoms with E-state index < -0.39 is 0 Å². The molecule has 28 heteroatoms. The largest absolute Gasteiger partial charge is 0.370 e. The van der Waals surface area contributed by atoms with Crippen LogP contribution in [0.2, 0.25) is 20.1 Å². The maximum absolute atomic E-state index is 12.9. The van der Waals surface area contributed by atoms with Crippen molar-refractivity contribution in [2.45, 2.75) is 45.4 Å². The zero-order valence-corrected chi connectivity index (χ0v) is 72.2. The van der Waals surface area contributed by atoms with Crippen LogP contribution >= 0.6 is 46.4 Å². The SMILES string of the molecule is CCN1CCN=C1c1ccc(C(=O)Cc2ccccc2C(=O)Nc2ccc(Cl)cn2)cc1.CN1CCCN=C1c1ccc(C(=O)Cc2ccccc2C(=O)Nc2ccc(Cl)cn2)cc1.CN1CCN=C1c1ccc(C(=O)Cc2ccccc2C(=O)Nc2ccc(Cl)cn2)cc1.O=C(Cc1ccccc1C(=O)Nc1ccc(Cl)cn1)c1ccc(C2=NCCCN2)cc1. The van der Waals surface area contributed by atoms with Gasteiger partial charge in [-0.05, 0) is 115 Å². The summed E-state index contributed by atoms with van der Waals surface area (Å²) in [5.74, 6) is 3.79. The van der Waals surface area contributed by atoms with E-state index in [2.05, 4.69) is 88.1 Å². The number of hydrogen-bond acceptors (Lipinski definition) is 20. The molecule has 0 aliphatic carbocycles. The minimum Gasteiger partial charge on any atom is -0.370 e. The predicted octanol–water partition coefficient (Wildman–Crippen LogP) is 17.2. The third-order valence-corrected chi connectivity index (χ3v) is 21.6. The van der Waals surface area contributed by atoms with Crippen LogP contribution in [0.5, 0.6) is 0 Å². The number of nitrogens with one attached hydrogen (secondary N) is 5. The van der Waals surface area contributed by atoms with E-state index in [-0.39, 0.29) is 72.4 Å². The Labute approximate surface area is 749 Å². The van der Waals surface area contributed by atoms with E-state index in [1.165, 1.54) is 24.8 Å². The molecule has 12 aromatic rings. The molecule has 0 atom stereocenters. The van der Waals surface area contributed by atoms with Crippen LogP contribution < -0.4 is 26.6 Å². The van der Waals surface area contributed by atoms with Gasteiger partial charge in [-0.2, -0.15) is 0 Å². The molecule has 636 valence electrons. The van der Waals surface area contributed by atoms with Crippen LogP contribution in [0.4, 0.5) is 23.3 Å². The highest BCUT2D eigenvalue weighted by atomic mass is 35.5. The second kappa shape index (κ2) is 43.8. The summed E-state index contributed by atoms with van der Waals surface area (Å²) >= 11 is 23.4. The zero-order valence-electron chi connectivity index (χ0n) is 69.2. The Morgan fingerprint density at radius 1 is 0.325 bits per heavy atom. The van der Waals surface area contributed by atoms with Crippen molar-refractivity contribution in [3.63, 3.8) is 0 Å². The Bertz CT molecular complexity index is 6060. The Hall–Kier alpha value is -14.0. The zero-order chi connectivity index (χ0) is 88.4. The molecule has 24 nitrogen and oxygen atoms in total. The lowest BCUT2D eigenvalue weighted by atomic mass is 9.97. The lowest BCUT2D eigenvalue weighted by Gasteiger charge is -2.25. The van der Waals surface area contributed by atoms with Gasteiger partial charge in [0.1, 0.15) is 46.6 Å². The number of pyridine rings is 4. The van der Waals surface area contributed by atoms with Gasteiger partial charge in [0, 0.05) is 177 Å². The van der Waals surface area contributed by atoms with Crippen LogP contribution in [0, 0.1) is 0 Å². The van der Waals surface area contributed by atoms with Crippen LogP contribution in [0.15, 0.2) is 287 Å². The highest BCUT2D eigenvalue weighted by molar-refractivity contribution is 6.31. The summed E-state index contributed by atoms with van der Waals surface area (Å²) in [7, 11) is 4.03. The summed E-state index contributed by atoms with van der Waals surface area (Å²) in [5.41, 5.74) is 10.7. The second-order valence-electron chi connectivity index (χ2n) is 29.5. The molecule has 126 heavy (non-hydrogen) atoms. The molecule has 8 aromatic carbocycles. The smallest absolute Gasteiger partial charge is 0.257 e. The predicted molar refractivity (Wildman–Crippen MR) is 498 cm³/mol. The molecule has 0 spiro atoms. The van der Waals surface area contributed by atoms with E-state index in [0.29, 0.717) is 110 Å². The van der Waals surface area contributed by atoms with Crippen molar-refractivity contribution >= 4 is 140 Å². The Kier molecular flexibility index (Phi) is 31.2. The first-order chi connectivity index (χ1) is 61.2. The standard InChI is InChI=1S/2C25H23ClN4O2.2C24H21ClN4O2/c1-30-14-4-13-27-24(30)18-9-7-17(8-10-18)22(31)15-19-5-2-3-6-21(19)25(32)29-23-12-11-20(26)16-28-23;1-2-30-14-13-27-24(30)18-9-7-17(8-10-18)22(31)15-19-5-3-4-6-21(19)25(32)29-23-12-11-20(26)16-28-23;1-29-13-12-26-23(29)17-8-6-16(7-9-17)21(30)14-18-4-2-3-5-20(18)24(31)28-22-11-10-19(25)15-27-22;25-19-10-11-22(28-15-19)29-24(31)20-5-2-1-4-18(20)14-21(30)16-6-8-17(9-7-16)23-26-12-3-13-27-23/h2-3,5-12,16H,4,13-15H2,1H3,(H,28,29,32);3-12,16H,2,13-15H2,1H3,(H,28,29,32);2-11,15H,12-14H2,1H3,(H,27,28,31);1-2,4-11,15H,3,12-14H2,(H,26,27)(H,28,29,31). The molecule has 4 amide bonds. The molecular weight excluding hydrogens is 1670 g/mol. The van der Waals surface area contributed by atoms with Crippen LogP contribution in [-0.2, 0) is 25.7 Å². The number of halogens is 4. The fourth-order valence-corrected chi connectivity index (χ4v) is 14.6. The monoisotopic (exact) mass is 1760 g/mol. The molecule has 0 radical (unpaired) electrons. The summed E-state index contributed by atoms with van der Waals surface area (Å²) in [6, 6.07) is 71.3. The maximum atomic E-state index is 12.9. The van der Waals surface area contributed by atoms with Crippen molar-refractivity contribution in [1.29, 1.82) is 0 Å². The summed E-state index contributed by atoms with van der Waals surface area (Å²) in [5, 5.41) is 16.2. The van der Waals surface area contributed by atoms with Crippen molar-refractivity contribution in [1.82, 2.24) is 40.0 Å². The number of hydrogen-bond donors (Lipinski definition) is 5. The number of carbonyl (C=O) groups is 8. The van der Waals surface area contributed by atoms with Crippen molar-refractivity contribution in [3.05, 3.63) is 377 Å². The average Bonchev–Trinajstić information content (AvgIpc) is 1.26. The van der Waals surface area contributed by atoms with Gasteiger partial charge in [-0.3, -0.25) is 58.3 Å². The van der Waals surface area contributed by atoms with Gasteiger partial charge in [-0.15, -0.1) is 0 Å². The third-order valence-electron chi connectivity index (χ3n) is 20.7. The molecule has 8 heterocycles. The van der Waals surface area contributed by atoms with E-state index in [1.807, 2.05) is 123 Å². The number of carbonyl (C=O) groups excluding carboxylic acids is 8. The molecule has 5 N–H and O–H groups in total. The summed E-state index contributed by atoms with van der Waals surface area (Å²) in [4.78, 5) is 144. The van der Waals surface area contributed by atoms with E-state index in [4.69, 9.17) is 46.4 Å². The molecule has 0 bridgehead atoms. The summed E-state index contributed by atoms with van der Waals surface area (Å²) in [6.07, 6.45) is 8.43. The van der Waals surface area contributed by atoms with Gasteiger partial charge in [-0.1, -0.05) is 216 Å². The first-order valence-corrected chi connectivity index (χ1v) is 42.3. The molecule has 0 saturated carbocycles. The lowest BCUT2D eigenvalue weighted by Crippen LogP contribution is -2.32. The van der Waals surface area contributed by atoms with Gasteiger partial charge < -0.3 is 41.3 Å². The number of aromatic nitrogens is 4. The number of likely N-dealkylation sites (N-methyl/N-ethyl adjacent to an activating group) is 2. The van der Waals surface area contributed by atoms with Crippen LogP contribution in [0.1, 0.15) is 147 Å². The van der Waals surface area contributed by atoms with Gasteiger partial charge in [0.15, 0.2) is 23.1 Å². The van der Waals surface area contributed by atoms with E-state index in [9.17, 15) is 38.4 Å². The molecule has 0 saturated heterocycles. The van der Waals surface area contributed by atoms with Crippen molar-refractivity contribution in [2.75, 3.05) is 94.3 Å². The van der Waals surface area contributed by atoms with E-state index in [0.717, 1.165) is 117 Å². The van der Waals surface area contributed by atoms with Crippen molar-refractivity contribution in [3.8, 4) is 0 Å². The number of amides is 4. The molecule has 0 fully saturated rings. The topological polar surface area (TPSA) is 307 Å². The number of rotatable bonds is 25. The number of amidine groups is 4. The fourth-order valence-electron chi connectivity index (χ4n) is 14.1. The maximum Gasteiger partial charge on any atom is 0.257 e. The number of ketones is 4. The number of aliphatic imine (C=N–C) groups is 4. The fraction of sp³-hybridized carbons (Fsp3) is 0.184. The highest BCUT2D eigenvalue weighted by Crippen LogP contribution is 2.25. The van der Waals surface area contributed by atoms with Gasteiger partial charge in [-0.25, -0.2) is 19.9 Å². The molecule has 0 unspecified atom stereocenters. The van der Waals surface area contributed by atoms with Crippen LogP contribution in [0.25, 0.3) is 0 Å². The first kappa shape index (κ1) is 89.7. The van der Waals surface area contributed by atoms with Gasteiger partial charge in [0.2, 0.25) is 0 Å². The van der Waals surface area contributed by atoms with Crippen LogP contribution in [-0.4, -0.2) is 178 Å². The van der Waals surface area contributed by atoms with Gasteiger partial charge in [0.25, 0.3) is 23.6 Å². The normalized spacial score (nSPS) is 13.2. The van der Waals surface area contributed by atoms with E-state index >= 15 is 0 Å². The Morgan fingerprint density at radius 2 is 0.619 bits per heavy atom. The van der Waals surface area contributed by atoms with Gasteiger partial charge in [0.05, 0.1) is 33.2 Å². The molecule has 4 aliphatic heterocycles. The van der Waals surface area contributed by atoms with Gasteiger partial charge >= 0.3 is 0 Å². The quantitative estimate of drug-likeness (QED) is 0.0332. The third kappa shape index (κ3) is 24.5. The van der Waals surface area contributed by atoms with Crippen molar-refractivity contribution in [2.24, 2.45) is 20.0 Å².